The Balaban J connectivity index is 0.550. The molecule has 2 bridgehead atoms. The Labute approximate surface area is 693 Å². The highest BCUT2D eigenvalue weighted by Gasteiger charge is 2.53. The number of nitriles is 1. The van der Waals surface area contributed by atoms with Crippen LogP contribution >= 0.6 is 0 Å². The van der Waals surface area contributed by atoms with Crippen LogP contribution in [0.25, 0.3) is 11.3 Å². The number of amides is 8. The number of nitrogen functional groups attached to an aromatic ring is 1. The van der Waals surface area contributed by atoms with Crippen LogP contribution < -0.4 is 51.4 Å². The van der Waals surface area contributed by atoms with Gasteiger partial charge in [-0.05, 0) is 175 Å². The van der Waals surface area contributed by atoms with Crippen molar-refractivity contribution >= 4 is 70.1 Å². The molecule has 8 heterocycles. The maximum Gasteiger partial charge on any atom is 0.254 e. The van der Waals surface area contributed by atoms with Gasteiger partial charge in [0.05, 0.1) is 54.0 Å². The van der Waals surface area contributed by atoms with Gasteiger partial charge in [0.2, 0.25) is 41.3 Å². The van der Waals surface area contributed by atoms with Gasteiger partial charge in [0.15, 0.2) is 11.6 Å². The quantitative estimate of drug-likeness (QED) is 0.0122. The van der Waals surface area contributed by atoms with E-state index in [0.29, 0.717) is 110 Å². The first-order valence-corrected chi connectivity index (χ1v) is 41.8. The Hall–Kier alpha value is -11.1. The van der Waals surface area contributed by atoms with E-state index in [0.717, 1.165) is 105 Å². The van der Waals surface area contributed by atoms with Crippen molar-refractivity contribution in [2.45, 2.75) is 197 Å². The molecule has 8 amide bonds. The lowest BCUT2D eigenvalue weighted by molar-refractivity contribution is -0.159. The minimum absolute atomic E-state index is 0.00948. The van der Waals surface area contributed by atoms with E-state index >= 15 is 0 Å². The number of pyridine rings is 1. The van der Waals surface area contributed by atoms with Gasteiger partial charge in [0.1, 0.15) is 54.5 Å². The van der Waals surface area contributed by atoms with Crippen molar-refractivity contribution < 1.29 is 72.0 Å². The zero-order valence-corrected chi connectivity index (χ0v) is 68.4. The number of likely N-dealkylation sites (tertiary alicyclic amines) is 2. The molecule has 6 aromatic rings. The molecule has 2 aliphatic carbocycles. The van der Waals surface area contributed by atoms with Gasteiger partial charge in [-0.15, -0.1) is 10.2 Å². The Bertz CT molecular complexity index is 4600. The van der Waals surface area contributed by atoms with Crippen molar-refractivity contribution in [2.75, 3.05) is 107 Å². The smallest absolute Gasteiger partial charge is 0.254 e. The number of aromatic nitrogens is 4. The summed E-state index contributed by atoms with van der Waals surface area (Å²) in [6.07, 6.45) is 12.9. The summed E-state index contributed by atoms with van der Waals surface area (Å²) in [5, 5.41) is 51.8. The summed E-state index contributed by atoms with van der Waals surface area (Å²) in [6, 6.07) is 28.5. The molecule has 4 saturated heterocycles. The minimum Gasteiger partial charge on any atom is -0.488 e. The number of hydrogen-bond acceptors (Lipinski definition) is 25. The Morgan fingerprint density at radius 3 is 2.19 bits per heavy atom. The number of carbonyl (C=O) groups excluding carboxylic acids is 8. The molecule has 0 spiro atoms. The SMILES string of the molecule is CC(C)[C@@H](C(=O)N1C[C@H](O)C[C@H]1C(=O)N[C@H](C)c1ccc(C#N)cc1)c1cc(OCCN2CCC(OC3CC(Oc4cc(N5C6CCC5CN(c5cc(-c7ccccc7OCc7ccc(NC(=O)[C@H](CCCCN(C)C)N(CCCCCNC(=O)[C@H](CO)N8C(=O)C=CC8=O)C(=O)C8(C(N)=O)CCC8)cc7)nnc5N)C6)ccn4)C3)CC2)no1. The summed E-state index contributed by atoms with van der Waals surface area (Å²) < 4.78 is 31.4. The number of aliphatic hydroxyl groups is 2. The minimum atomic E-state index is -1.42. The Morgan fingerprint density at radius 2 is 1.51 bits per heavy atom. The summed E-state index contributed by atoms with van der Waals surface area (Å²) in [5.74, 6) is -3.26. The topological polar surface area (TPSA) is 413 Å². The molecule has 0 radical (unpaired) electrons. The number of piperazine rings is 1. The van der Waals surface area contributed by atoms with Gasteiger partial charge >= 0.3 is 0 Å². The van der Waals surface area contributed by atoms with Crippen LogP contribution in [0.15, 0.2) is 120 Å². The fourth-order valence-corrected chi connectivity index (χ4v) is 17.3. The molecule has 13 rings (SSSR count). The predicted octanol–water partition coefficient (Wildman–Crippen LogP) is 6.56. The van der Waals surface area contributed by atoms with E-state index in [1.54, 1.807) is 42.5 Å². The lowest BCUT2D eigenvalue weighted by atomic mass is 9.67. The molecule has 7 aliphatic rings. The molecular formula is C87H111N17O15. The molecular weight excluding hydrogens is 1520 g/mol. The van der Waals surface area contributed by atoms with Crippen molar-refractivity contribution in [3.8, 4) is 34.8 Å². The molecule has 32 nitrogen and oxygen atoms in total. The van der Waals surface area contributed by atoms with Crippen LogP contribution in [0.2, 0.25) is 0 Å². The maximum absolute atomic E-state index is 14.7. The number of ether oxygens (including phenoxy) is 4. The molecule has 119 heavy (non-hydrogen) atoms. The van der Waals surface area contributed by atoms with Gasteiger partial charge < -0.3 is 85.6 Å². The van der Waals surface area contributed by atoms with E-state index in [4.69, 9.17) is 34.9 Å². The summed E-state index contributed by atoms with van der Waals surface area (Å²) in [7, 11) is 3.93. The van der Waals surface area contributed by atoms with Crippen molar-refractivity contribution in [1.82, 2.24) is 55.5 Å². The number of nitrogens with two attached hydrogens (primary N) is 2. The zero-order valence-electron chi connectivity index (χ0n) is 68.4. The number of primary amides is 1. The summed E-state index contributed by atoms with van der Waals surface area (Å²) in [5.41, 5.74) is 17.0. The number of imide groups is 1. The largest absolute Gasteiger partial charge is 0.488 e. The van der Waals surface area contributed by atoms with E-state index in [1.807, 2.05) is 88.4 Å². The van der Waals surface area contributed by atoms with Gasteiger partial charge in [-0.25, -0.2) is 4.98 Å². The number of rotatable bonds is 39. The lowest BCUT2D eigenvalue weighted by Crippen LogP contribution is -2.59. The van der Waals surface area contributed by atoms with Crippen molar-refractivity contribution in [3.63, 3.8) is 0 Å². The molecule has 9 N–H and O–H groups in total. The van der Waals surface area contributed by atoms with Crippen LogP contribution in [0.3, 0.4) is 0 Å². The van der Waals surface area contributed by atoms with Crippen LogP contribution in [0.5, 0.6) is 17.5 Å². The number of anilines is 4. The second-order valence-corrected chi connectivity index (χ2v) is 33.1. The van der Waals surface area contributed by atoms with E-state index in [1.165, 1.54) is 9.80 Å². The molecule has 3 aromatic heterocycles. The third-order valence-electron chi connectivity index (χ3n) is 24.2. The maximum atomic E-state index is 14.7. The summed E-state index contributed by atoms with van der Waals surface area (Å²) >= 11 is 0. The highest BCUT2D eigenvalue weighted by Crippen LogP contribution is 2.45. The van der Waals surface area contributed by atoms with Crippen LogP contribution in [-0.2, 0) is 49.7 Å². The number of aliphatic hydroxyl groups excluding tert-OH is 2. The Morgan fingerprint density at radius 1 is 0.790 bits per heavy atom. The van der Waals surface area contributed by atoms with Crippen molar-refractivity contribution in [2.24, 2.45) is 17.1 Å². The molecule has 2 unspecified atom stereocenters. The highest BCUT2D eigenvalue weighted by molar-refractivity contribution is 6.15. The molecule has 8 atom stereocenters. The second-order valence-electron chi connectivity index (χ2n) is 33.1. The molecule has 634 valence electrons. The van der Waals surface area contributed by atoms with E-state index in [9.17, 15) is 53.8 Å². The molecule has 32 heteroatoms. The monoisotopic (exact) mass is 1630 g/mol. The van der Waals surface area contributed by atoms with Crippen LogP contribution in [0, 0.1) is 22.7 Å². The lowest BCUT2D eigenvalue weighted by Gasteiger charge is -2.43. The van der Waals surface area contributed by atoms with E-state index in [-0.39, 0.29) is 99.5 Å². The first-order valence-electron chi connectivity index (χ1n) is 41.8. The fraction of sp³-hybridized carbons (Fsp3) is 0.529. The third kappa shape index (κ3) is 20.6. The number of para-hydroxylation sites is 1. The van der Waals surface area contributed by atoms with Gasteiger partial charge in [0.25, 0.3) is 17.7 Å². The normalized spacial score (nSPS) is 21.2. The number of β-amino-alcohol motifs (C(OH)–C–C–N with tert-alkyl or cyclic N) is 1. The molecule has 5 aliphatic heterocycles. The summed E-state index contributed by atoms with van der Waals surface area (Å²) in [6.45, 7) is 10.3. The van der Waals surface area contributed by atoms with Gasteiger partial charge in [-0.1, -0.05) is 56.7 Å². The van der Waals surface area contributed by atoms with Crippen LogP contribution in [0.1, 0.15) is 158 Å². The summed E-state index contributed by atoms with van der Waals surface area (Å²) in [4.78, 5) is 125. The number of benzene rings is 3. The molecule has 6 fully saturated rings. The molecule has 3 aromatic carbocycles. The number of nitrogens with one attached hydrogen (secondary N) is 3. The Kier molecular flexibility index (Phi) is 28.2. The molecule has 2 saturated carbocycles. The van der Waals surface area contributed by atoms with Crippen molar-refractivity contribution in [3.05, 3.63) is 138 Å². The van der Waals surface area contributed by atoms with Gasteiger partial charge in [-0.3, -0.25) is 48.2 Å². The number of hydrogen-bond donors (Lipinski definition) is 7. The fourth-order valence-electron chi connectivity index (χ4n) is 17.3. The van der Waals surface area contributed by atoms with Crippen molar-refractivity contribution in [1.29, 1.82) is 5.26 Å². The van der Waals surface area contributed by atoms with E-state index < -0.39 is 83.7 Å². The number of unbranched alkanes of at least 4 members (excludes halogenated alkanes) is 3. The number of piperidine rings is 1. The number of fused-ring (bicyclic) bond motifs is 2. The first-order chi connectivity index (χ1) is 57.4. The first kappa shape index (κ1) is 85.8. The van der Waals surface area contributed by atoms with Gasteiger partial charge in [-0.2, -0.15) is 5.26 Å². The van der Waals surface area contributed by atoms with E-state index in [2.05, 4.69) is 69.2 Å². The number of carbonyl (C=O) groups is 8. The number of nitrogens with zero attached hydrogens (tertiary/aromatic N) is 12. The standard InChI is InChI=1S/C87H111N17O15/c1-54(2)79(84(112)102-51-63(106)43-71(102)83(111)93-55(3)58-21-17-56(48-88)18-22-58)74-47-76(97-119-74)115-41-40-99-38-30-64(31-39-99)117-65-44-66(45-65)118-75-42-60(29-35-91-75)103-61-25-26-62(103)50-100(49-61)70-46-68(95-96-80(70)89)67-14-7-8-16-73(67)116-53-57-19-23-59(24-20-57)94-82(110)69(15-9-12-36-98(4)5)101(86(114)87(85(90)113)32-13-33-87)37-11-6-10-34-92-81(109)72(52-105)104-77(107)27-28-78(104)108/h7-8,14,16-24,27-29,35,42,46-47,54-55,61-66,69,71-72,79,105-106H,6,9-13,15,25-26,30-34,36-41,43-45,49-53H2,1-5H3,(H2,89,96)(H2,90,113)(H,92,109)(H,93,111)(H,94,110)/t55-,61?,62?,63-,65?,66?,69+,71+,72+,79-/m1/s1. The van der Waals surface area contributed by atoms with Crippen LogP contribution in [-0.4, -0.2) is 243 Å². The average molecular weight is 1630 g/mol. The van der Waals surface area contributed by atoms with Gasteiger partial charge in [0, 0.05) is 131 Å². The highest BCUT2D eigenvalue weighted by atomic mass is 16.5. The predicted molar refractivity (Wildman–Crippen MR) is 441 cm³/mol. The van der Waals surface area contributed by atoms with Crippen LogP contribution in [0.4, 0.5) is 22.9 Å². The average Bonchev–Trinajstić information content (AvgIpc) is 1.76. The third-order valence-corrected chi connectivity index (χ3v) is 24.2. The zero-order chi connectivity index (χ0) is 84.0. The second kappa shape index (κ2) is 39.2.